The highest BCUT2D eigenvalue weighted by atomic mass is 32.1. The molecule has 3 heterocycles. The summed E-state index contributed by atoms with van der Waals surface area (Å²) in [5.74, 6) is -1.20. The van der Waals surface area contributed by atoms with Crippen molar-refractivity contribution in [2.24, 2.45) is 5.73 Å². The molecule has 14 nitrogen and oxygen atoms in total. The van der Waals surface area contributed by atoms with Gasteiger partial charge in [0.1, 0.15) is 28.9 Å². The minimum absolute atomic E-state index is 0.0569. The second kappa shape index (κ2) is 12.4. The Balaban J connectivity index is 1.42. The van der Waals surface area contributed by atoms with Gasteiger partial charge < -0.3 is 35.8 Å². The minimum atomic E-state index is -0.544. The molecular formula is C20H24N8O6S. The molecule has 0 aliphatic heterocycles. The molecule has 15 heteroatoms. The second-order valence-electron chi connectivity index (χ2n) is 7.06. The van der Waals surface area contributed by atoms with Crippen molar-refractivity contribution in [1.29, 1.82) is 0 Å². The predicted molar refractivity (Wildman–Crippen MR) is 122 cm³/mol. The van der Waals surface area contributed by atoms with Crippen LogP contribution in [0.5, 0.6) is 0 Å². The van der Waals surface area contributed by atoms with Gasteiger partial charge in [-0.3, -0.25) is 19.2 Å². The van der Waals surface area contributed by atoms with E-state index in [-0.39, 0.29) is 42.8 Å². The number of nitrogens with zero attached hydrogens (tertiary/aromatic N) is 3. The number of amides is 4. The van der Waals surface area contributed by atoms with Gasteiger partial charge in [0.15, 0.2) is 5.69 Å². The van der Waals surface area contributed by atoms with Crippen molar-refractivity contribution in [3.05, 3.63) is 41.1 Å². The van der Waals surface area contributed by atoms with Crippen molar-refractivity contribution >= 4 is 35.0 Å². The van der Waals surface area contributed by atoms with E-state index < -0.39 is 17.7 Å². The van der Waals surface area contributed by atoms with E-state index in [2.05, 4.69) is 36.2 Å². The molecule has 0 atom stereocenters. The molecule has 0 aliphatic rings. The second-order valence-corrected chi connectivity index (χ2v) is 7.92. The molecule has 3 rings (SSSR count). The molecule has 0 fully saturated rings. The first kappa shape index (κ1) is 25.5. The number of aromatic nitrogens is 3. The van der Waals surface area contributed by atoms with Crippen molar-refractivity contribution in [3.63, 3.8) is 0 Å². The fraction of sp³-hybridized carbons (Fsp3) is 0.350. The monoisotopic (exact) mass is 504 g/mol. The Morgan fingerprint density at radius 2 is 1.63 bits per heavy atom. The topological polar surface area (TPSA) is 207 Å². The highest BCUT2D eigenvalue weighted by molar-refractivity contribution is 7.13. The van der Waals surface area contributed by atoms with Crippen LogP contribution in [-0.4, -0.2) is 58.2 Å². The van der Waals surface area contributed by atoms with Crippen LogP contribution in [0, 0.1) is 0 Å². The maximum Gasteiger partial charge on any atom is 0.273 e. The van der Waals surface area contributed by atoms with Crippen molar-refractivity contribution < 1.29 is 28.0 Å². The molecule has 6 N–H and O–H groups in total. The lowest BCUT2D eigenvalue weighted by molar-refractivity contribution is -0.120. The standard InChI is InChI=1S/C20H24N8O6S/c1-11(29)23-6-16-27-13(9-34-16)20-28-14(10-35-20)19(32)25-5-15(30)24-7-17-26-12(8-33-17)18(31)22-4-2-3-21/h8-10H,2-7,21H2,1H3,(H,22,31)(H,23,29)(H,24,30)(H,25,32). The van der Waals surface area contributed by atoms with Gasteiger partial charge in [0.25, 0.3) is 11.8 Å². The van der Waals surface area contributed by atoms with Gasteiger partial charge >= 0.3 is 0 Å². The van der Waals surface area contributed by atoms with Gasteiger partial charge in [-0.25, -0.2) is 15.0 Å². The molecule has 4 amide bonds. The lowest BCUT2D eigenvalue weighted by atomic mass is 10.4. The van der Waals surface area contributed by atoms with Gasteiger partial charge in [-0.05, 0) is 13.0 Å². The number of rotatable bonds is 12. The van der Waals surface area contributed by atoms with Crippen molar-refractivity contribution in [3.8, 4) is 10.7 Å². The molecule has 35 heavy (non-hydrogen) atoms. The number of nitrogens with one attached hydrogen (secondary N) is 4. The molecule has 0 unspecified atom stereocenters. The van der Waals surface area contributed by atoms with Crippen LogP contribution in [0.2, 0.25) is 0 Å². The molecule has 0 saturated carbocycles. The molecular weight excluding hydrogens is 480 g/mol. The number of hydrogen-bond acceptors (Lipinski definition) is 11. The maximum atomic E-state index is 12.3. The Morgan fingerprint density at radius 3 is 2.40 bits per heavy atom. The largest absolute Gasteiger partial charge is 0.446 e. The van der Waals surface area contributed by atoms with Crippen LogP contribution < -0.4 is 27.0 Å². The summed E-state index contributed by atoms with van der Waals surface area (Å²) in [5.41, 5.74) is 6.00. The first-order valence-electron chi connectivity index (χ1n) is 10.5. The third kappa shape index (κ3) is 7.72. The molecule has 0 saturated heterocycles. The quantitative estimate of drug-likeness (QED) is 0.201. The Labute approximate surface area is 203 Å². The molecule has 3 aromatic rings. The minimum Gasteiger partial charge on any atom is -0.446 e. The summed E-state index contributed by atoms with van der Waals surface area (Å²) < 4.78 is 10.4. The highest BCUT2D eigenvalue weighted by Crippen LogP contribution is 2.23. The van der Waals surface area contributed by atoms with E-state index in [4.69, 9.17) is 14.6 Å². The van der Waals surface area contributed by atoms with E-state index in [1.54, 1.807) is 0 Å². The third-order valence-corrected chi connectivity index (χ3v) is 5.16. The van der Waals surface area contributed by atoms with Gasteiger partial charge in [0.2, 0.25) is 23.6 Å². The van der Waals surface area contributed by atoms with Gasteiger partial charge in [-0.2, -0.15) is 0 Å². The zero-order chi connectivity index (χ0) is 25.2. The van der Waals surface area contributed by atoms with Crippen LogP contribution in [0.1, 0.15) is 46.1 Å². The zero-order valence-corrected chi connectivity index (χ0v) is 19.6. The van der Waals surface area contributed by atoms with Crippen molar-refractivity contribution in [2.75, 3.05) is 19.6 Å². The van der Waals surface area contributed by atoms with Crippen LogP contribution >= 0.6 is 11.3 Å². The highest BCUT2D eigenvalue weighted by Gasteiger charge is 2.16. The molecule has 0 bridgehead atoms. The van der Waals surface area contributed by atoms with E-state index in [9.17, 15) is 19.2 Å². The number of hydrogen-bond donors (Lipinski definition) is 5. The van der Waals surface area contributed by atoms with Gasteiger partial charge in [-0.15, -0.1) is 11.3 Å². The normalized spacial score (nSPS) is 10.6. The average Bonchev–Trinajstić information content (AvgIpc) is 3.60. The van der Waals surface area contributed by atoms with Gasteiger partial charge in [-0.1, -0.05) is 0 Å². The van der Waals surface area contributed by atoms with Gasteiger partial charge in [0, 0.05) is 18.8 Å². The number of carbonyl (C=O) groups is 4. The Bertz CT molecular complexity index is 1190. The number of carbonyl (C=O) groups excluding carboxylic acids is 4. The summed E-state index contributed by atoms with van der Waals surface area (Å²) >= 11 is 1.18. The predicted octanol–water partition coefficient (Wildman–Crippen LogP) is -0.453. The Kier molecular flexibility index (Phi) is 9.02. The van der Waals surface area contributed by atoms with Crippen LogP contribution in [0.15, 0.2) is 26.7 Å². The van der Waals surface area contributed by atoms with Crippen molar-refractivity contribution in [1.82, 2.24) is 36.2 Å². The summed E-state index contributed by atoms with van der Waals surface area (Å²) in [6.07, 6.45) is 3.21. The zero-order valence-electron chi connectivity index (χ0n) is 18.8. The number of thiazole rings is 1. The molecule has 0 aromatic carbocycles. The third-order valence-electron chi connectivity index (χ3n) is 4.29. The molecule has 186 valence electrons. The Hall–Kier alpha value is -4.11. The van der Waals surface area contributed by atoms with Crippen molar-refractivity contribution in [2.45, 2.75) is 26.4 Å². The van der Waals surface area contributed by atoms with E-state index >= 15 is 0 Å². The SMILES string of the molecule is CC(=O)NCc1nc(-c2nc(C(=O)NCC(=O)NCc3nc(C(=O)NCCCN)co3)cs2)co1. The average molecular weight is 505 g/mol. The lowest BCUT2D eigenvalue weighted by Crippen LogP contribution is -2.36. The summed E-state index contributed by atoms with van der Waals surface area (Å²) in [7, 11) is 0. The summed E-state index contributed by atoms with van der Waals surface area (Å²) in [6, 6.07) is 0. The molecule has 0 aliphatic carbocycles. The molecule has 0 radical (unpaired) electrons. The first-order chi connectivity index (χ1) is 16.9. The smallest absolute Gasteiger partial charge is 0.273 e. The number of oxazole rings is 2. The molecule has 0 spiro atoms. The fourth-order valence-corrected chi connectivity index (χ4v) is 3.31. The Morgan fingerprint density at radius 1 is 0.914 bits per heavy atom. The van der Waals surface area contributed by atoms with Gasteiger partial charge in [0.05, 0.1) is 19.6 Å². The van der Waals surface area contributed by atoms with Crippen LogP contribution in [0.4, 0.5) is 0 Å². The summed E-state index contributed by atoms with van der Waals surface area (Å²) in [4.78, 5) is 59.6. The van der Waals surface area contributed by atoms with E-state index in [1.807, 2.05) is 0 Å². The maximum absolute atomic E-state index is 12.3. The molecule has 3 aromatic heterocycles. The van der Waals surface area contributed by atoms with Crippen LogP contribution in [-0.2, 0) is 22.7 Å². The first-order valence-corrected chi connectivity index (χ1v) is 11.4. The van der Waals surface area contributed by atoms with E-state index in [1.165, 1.54) is 36.2 Å². The van der Waals surface area contributed by atoms with E-state index in [0.29, 0.717) is 36.1 Å². The lowest BCUT2D eigenvalue weighted by Gasteiger charge is -2.04. The summed E-state index contributed by atoms with van der Waals surface area (Å²) in [5, 5.41) is 12.2. The summed E-state index contributed by atoms with van der Waals surface area (Å²) in [6.45, 7) is 2.04. The fourth-order valence-electron chi connectivity index (χ4n) is 2.56. The van der Waals surface area contributed by atoms with Crippen LogP contribution in [0.3, 0.4) is 0 Å². The van der Waals surface area contributed by atoms with Crippen LogP contribution in [0.25, 0.3) is 10.7 Å². The van der Waals surface area contributed by atoms with E-state index in [0.717, 1.165) is 0 Å². The number of nitrogens with two attached hydrogens (primary N) is 1.